The summed E-state index contributed by atoms with van der Waals surface area (Å²) in [4.78, 5) is 50.9. The Labute approximate surface area is 343 Å². The molecule has 0 atom stereocenters. The number of rotatable bonds is 7. The van der Waals surface area contributed by atoms with Crippen molar-refractivity contribution in [3.05, 3.63) is 160 Å². The van der Waals surface area contributed by atoms with Gasteiger partial charge in [-0.15, -0.1) is 11.3 Å². The molecule has 1 aliphatic rings. The number of benzene rings is 5. The van der Waals surface area contributed by atoms with Crippen LogP contribution >= 0.6 is 11.3 Å². The Hall–Kier alpha value is -7.64. The number of aromatic carboxylic acids is 2. The SMILES string of the molecule is Cc1cnc(NC(=O)C2=C(O)c3ccccc3S(=O)(=O)N2C)s1.O=C(O)c1cc(-c2ccc(F)cc2F)ccc1O.O=C(Oc1ccccc1C(=O)O)c1ccccc1O. The van der Waals surface area contributed by atoms with E-state index >= 15 is 0 Å². The maximum atomic E-state index is 13.5. The molecule has 0 spiro atoms. The summed E-state index contributed by atoms with van der Waals surface area (Å²) in [6.45, 7) is 1.83. The van der Waals surface area contributed by atoms with Crippen LogP contribution < -0.4 is 10.1 Å². The van der Waals surface area contributed by atoms with Crippen molar-refractivity contribution in [2.24, 2.45) is 0 Å². The maximum absolute atomic E-state index is 13.5. The molecule has 0 unspecified atom stereocenters. The number of esters is 1. The number of ether oxygens (including phenoxy) is 1. The second kappa shape index (κ2) is 18.3. The summed E-state index contributed by atoms with van der Waals surface area (Å²) in [6.07, 6.45) is 1.59. The Morgan fingerprint density at radius 1 is 0.750 bits per heavy atom. The predicted octanol–water partition coefficient (Wildman–Crippen LogP) is 7.30. The Balaban J connectivity index is 0.000000172. The Morgan fingerprint density at radius 2 is 1.37 bits per heavy atom. The lowest BCUT2D eigenvalue weighted by atomic mass is 10.0. The van der Waals surface area contributed by atoms with E-state index in [1.54, 1.807) is 36.5 Å². The van der Waals surface area contributed by atoms with Crippen molar-refractivity contribution in [1.82, 2.24) is 9.29 Å². The average Bonchev–Trinajstić information content (AvgIpc) is 3.62. The Kier molecular flexibility index (Phi) is 13.3. The number of nitrogens with zero attached hydrogens (tertiary/aromatic N) is 2. The highest BCUT2D eigenvalue weighted by Crippen LogP contribution is 2.35. The molecule has 6 aromatic rings. The van der Waals surface area contributed by atoms with Crippen molar-refractivity contribution in [3.63, 3.8) is 0 Å². The third kappa shape index (κ3) is 9.72. The number of likely N-dealkylation sites (N-methyl/N-ethyl adjacent to an activating group) is 1. The molecule has 0 saturated carbocycles. The molecule has 0 saturated heterocycles. The van der Waals surface area contributed by atoms with Gasteiger partial charge in [-0.05, 0) is 73.2 Å². The highest BCUT2D eigenvalue weighted by molar-refractivity contribution is 7.89. The van der Waals surface area contributed by atoms with Crippen molar-refractivity contribution in [1.29, 1.82) is 0 Å². The molecule has 0 fully saturated rings. The number of aromatic hydroxyl groups is 2. The number of hydrogen-bond donors (Lipinski definition) is 6. The summed E-state index contributed by atoms with van der Waals surface area (Å²) in [7, 11) is -2.67. The first-order valence-corrected chi connectivity index (χ1v) is 19.3. The maximum Gasteiger partial charge on any atom is 0.347 e. The second-order valence-corrected chi connectivity index (χ2v) is 15.4. The summed E-state index contributed by atoms with van der Waals surface area (Å²) in [5, 5.41) is 49.9. The van der Waals surface area contributed by atoms with Crippen LogP contribution in [0.1, 0.15) is 41.5 Å². The normalized spacial score (nSPS) is 12.4. The number of aryl methyl sites for hydroxylation is 1. The molecule has 1 amide bonds. The van der Waals surface area contributed by atoms with Gasteiger partial charge in [0.25, 0.3) is 15.9 Å². The van der Waals surface area contributed by atoms with E-state index in [1.165, 1.54) is 73.0 Å². The van der Waals surface area contributed by atoms with E-state index in [0.717, 1.165) is 27.4 Å². The van der Waals surface area contributed by atoms with Crippen LogP contribution in [-0.4, -0.2) is 74.1 Å². The second-order valence-electron chi connectivity index (χ2n) is 12.3. The van der Waals surface area contributed by atoms with Crippen molar-refractivity contribution in [2.45, 2.75) is 11.8 Å². The molecular formula is C41H31F2N3O12S2. The number of para-hydroxylation sites is 2. The number of hydrogen-bond acceptors (Lipinski definition) is 12. The predicted molar refractivity (Wildman–Crippen MR) is 213 cm³/mol. The van der Waals surface area contributed by atoms with E-state index in [-0.39, 0.29) is 61.2 Å². The summed E-state index contributed by atoms with van der Waals surface area (Å²) < 4.78 is 57.1. The van der Waals surface area contributed by atoms with Gasteiger partial charge in [0.15, 0.2) is 16.6 Å². The zero-order valence-corrected chi connectivity index (χ0v) is 32.7. The minimum absolute atomic E-state index is 0.0253. The molecule has 0 aliphatic carbocycles. The van der Waals surface area contributed by atoms with Crippen LogP contribution in [0, 0.1) is 18.6 Å². The van der Waals surface area contributed by atoms with Crippen LogP contribution in [0.4, 0.5) is 13.9 Å². The lowest BCUT2D eigenvalue weighted by Gasteiger charge is -2.28. The van der Waals surface area contributed by atoms with Gasteiger partial charge < -0.3 is 30.3 Å². The third-order valence-corrected chi connectivity index (χ3v) is 10.9. The number of phenols is 2. The number of halogens is 2. The van der Waals surface area contributed by atoms with Crippen molar-refractivity contribution >= 4 is 56.1 Å². The summed E-state index contributed by atoms with van der Waals surface area (Å²) in [5.74, 6) is -6.66. The average molecular weight is 860 g/mol. The quantitative estimate of drug-likeness (QED) is 0.0683. The van der Waals surface area contributed by atoms with Gasteiger partial charge in [0.1, 0.15) is 45.6 Å². The van der Waals surface area contributed by atoms with E-state index in [1.807, 2.05) is 6.92 Å². The highest BCUT2D eigenvalue weighted by Gasteiger charge is 2.38. The molecule has 15 nitrogen and oxygen atoms in total. The largest absolute Gasteiger partial charge is 0.507 e. The molecule has 1 aliphatic heterocycles. The lowest BCUT2D eigenvalue weighted by molar-refractivity contribution is -0.113. The summed E-state index contributed by atoms with van der Waals surface area (Å²) >= 11 is 1.25. The number of aliphatic hydroxyl groups excluding tert-OH is 1. The first kappa shape index (κ1) is 43.5. The zero-order valence-electron chi connectivity index (χ0n) is 31.0. The first-order chi connectivity index (χ1) is 28.4. The molecule has 0 radical (unpaired) electrons. The van der Waals surface area contributed by atoms with Crippen LogP contribution in [0.2, 0.25) is 0 Å². The third-order valence-electron chi connectivity index (χ3n) is 8.29. The number of amides is 1. The first-order valence-electron chi connectivity index (χ1n) is 17.0. The van der Waals surface area contributed by atoms with Gasteiger partial charge in [0, 0.05) is 35.3 Å². The summed E-state index contributed by atoms with van der Waals surface area (Å²) in [5.41, 5.74) is -0.394. The number of aromatic nitrogens is 1. The van der Waals surface area contributed by atoms with E-state index in [4.69, 9.17) is 14.9 Å². The number of aliphatic hydroxyl groups is 1. The van der Waals surface area contributed by atoms with Crippen molar-refractivity contribution < 1.29 is 66.6 Å². The van der Waals surface area contributed by atoms with Crippen LogP contribution in [0.3, 0.4) is 0 Å². The number of carboxylic acids is 2. The Morgan fingerprint density at radius 3 is 2.00 bits per heavy atom. The topological polar surface area (TPSA) is 241 Å². The molecule has 19 heteroatoms. The zero-order chi connectivity index (χ0) is 43.9. The molecule has 2 heterocycles. The minimum Gasteiger partial charge on any atom is -0.507 e. The molecule has 5 aromatic carbocycles. The van der Waals surface area contributed by atoms with Gasteiger partial charge in [-0.3, -0.25) is 14.4 Å². The fraction of sp³-hybridized carbons (Fsp3) is 0.0488. The molecular weight excluding hydrogens is 829 g/mol. The standard InChI is InChI=1S/C14H13N3O4S2.C14H10O5.C13H8F2O3/c1-8-7-15-14(22-8)16-13(19)11-12(18)9-5-3-4-6-10(9)23(20,21)17(11)2;15-11-7-3-1-5-9(11)14(18)19-12-8-4-2-6-10(12)13(16)17;14-8-2-3-9(11(15)6-8)7-1-4-12(16)10(5-7)13(17)18/h3-7,18H,1-2H3,(H,15,16,19);1-8,15H,(H,16,17);1-6,16H,(H,17,18). The number of fused-ring (bicyclic) bond motifs is 1. The minimum atomic E-state index is -3.90. The van der Waals surface area contributed by atoms with E-state index in [0.29, 0.717) is 11.2 Å². The number of phenolic OH excluding ortho intramolecular Hbond substituents is 1. The van der Waals surface area contributed by atoms with Gasteiger partial charge in [0.2, 0.25) is 0 Å². The Bertz CT molecular complexity index is 2790. The summed E-state index contributed by atoms with van der Waals surface area (Å²) in [6, 6.07) is 24.3. The number of thiazole rings is 1. The van der Waals surface area contributed by atoms with Gasteiger partial charge in [-0.1, -0.05) is 42.5 Å². The molecule has 0 bridgehead atoms. The van der Waals surface area contributed by atoms with Crippen LogP contribution in [0.25, 0.3) is 16.9 Å². The number of carbonyl (C=O) groups excluding carboxylic acids is 2. The van der Waals surface area contributed by atoms with Crippen LogP contribution in [0.5, 0.6) is 17.2 Å². The molecule has 6 N–H and O–H groups in total. The fourth-order valence-electron chi connectivity index (χ4n) is 5.38. The number of carboxylic acid groups (broad SMARTS) is 2. The molecule has 308 valence electrons. The van der Waals surface area contributed by atoms with E-state index in [2.05, 4.69) is 10.3 Å². The number of nitrogens with one attached hydrogen (secondary N) is 1. The van der Waals surface area contributed by atoms with E-state index in [9.17, 15) is 51.7 Å². The number of carbonyl (C=O) groups is 4. The lowest BCUT2D eigenvalue weighted by Crippen LogP contribution is -2.37. The van der Waals surface area contributed by atoms with Crippen molar-refractivity contribution in [2.75, 3.05) is 12.4 Å². The van der Waals surface area contributed by atoms with Crippen LogP contribution in [0.15, 0.2) is 126 Å². The van der Waals surface area contributed by atoms with Gasteiger partial charge in [-0.25, -0.2) is 36.6 Å². The molecule has 1 aromatic heterocycles. The van der Waals surface area contributed by atoms with Gasteiger partial charge in [-0.2, -0.15) is 0 Å². The van der Waals surface area contributed by atoms with Crippen molar-refractivity contribution in [3.8, 4) is 28.4 Å². The van der Waals surface area contributed by atoms with Gasteiger partial charge >= 0.3 is 17.9 Å². The fourth-order valence-corrected chi connectivity index (χ4v) is 7.44. The van der Waals surface area contributed by atoms with E-state index < -0.39 is 51.2 Å². The van der Waals surface area contributed by atoms with Gasteiger partial charge in [0.05, 0.1) is 4.90 Å². The number of sulfonamides is 1. The smallest absolute Gasteiger partial charge is 0.347 e. The molecule has 7 rings (SSSR count). The van der Waals surface area contributed by atoms with Crippen LogP contribution in [-0.2, 0) is 14.8 Å². The number of anilines is 1. The molecule has 60 heavy (non-hydrogen) atoms. The monoisotopic (exact) mass is 859 g/mol. The highest BCUT2D eigenvalue weighted by atomic mass is 32.2.